The normalized spacial score (nSPS) is 16.3. The van der Waals surface area contributed by atoms with Crippen molar-refractivity contribution in [2.45, 2.75) is 50.9 Å². The van der Waals surface area contributed by atoms with E-state index in [1.807, 2.05) is 104 Å². The summed E-state index contributed by atoms with van der Waals surface area (Å²) in [4.78, 5) is 3.64. The molecular weight excluding hydrogens is 598 g/mol. The smallest absolute Gasteiger partial charge is 0.310 e. The van der Waals surface area contributed by atoms with Crippen LogP contribution in [0.5, 0.6) is 0 Å². The quantitative estimate of drug-likeness (QED) is 0.180. The van der Waals surface area contributed by atoms with E-state index in [1.165, 1.54) is 12.1 Å². The molecule has 0 spiro atoms. The molecule has 2 aliphatic heterocycles. The van der Waals surface area contributed by atoms with Crippen LogP contribution in [0.25, 0.3) is 0 Å². The Labute approximate surface area is 263 Å². The third-order valence-corrected chi connectivity index (χ3v) is 9.46. The van der Waals surface area contributed by atoms with Crippen LogP contribution >= 0.6 is 0 Å². The molecule has 0 aromatic heterocycles. The van der Waals surface area contributed by atoms with E-state index in [0.29, 0.717) is 22.7 Å². The maximum atomic E-state index is 14.0. The summed E-state index contributed by atoms with van der Waals surface area (Å²) in [5.74, 6) is 0. The van der Waals surface area contributed by atoms with Crippen LogP contribution in [0.2, 0.25) is 0 Å². The lowest BCUT2D eigenvalue weighted by molar-refractivity contribution is -0.138. The molecular formula is C38H30F6N2. The minimum Gasteiger partial charge on any atom is -0.310 e. The van der Waals surface area contributed by atoms with Gasteiger partial charge in [0.2, 0.25) is 0 Å². The first-order valence-electron chi connectivity index (χ1n) is 14.9. The molecule has 5 aromatic carbocycles. The highest BCUT2D eigenvalue weighted by Gasteiger charge is 2.42. The third-order valence-electron chi connectivity index (χ3n) is 9.46. The summed E-state index contributed by atoms with van der Waals surface area (Å²) >= 11 is 0. The van der Waals surface area contributed by atoms with Gasteiger partial charge in [-0.25, -0.2) is 0 Å². The zero-order valence-corrected chi connectivity index (χ0v) is 25.6. The number of rotatable bonds is 2. The van der Waals surface area contributed by atoms with E-state index in [9.17, 15) is 26.3 Å². The van der Waals surface area contributed by atoms with Crippen molar-refractivity contribution in [1.29, 1.82) is 0 Å². The Hall–Kier alpha value is -4.72. The van der Waals surface area contributed by atoms with Crippen LogP contribution in [0.4, 0.5) is 60.5 Å². The Morgan fingerprint density at radius 3 is 1.17 bits per heavy atom. The van der Waals surface area contributed by atoms with Crippen LogP contribution in [0.15, 0.2) is 109 Å². The third kappa shape index (κ3) is 4.49. The maximum absolute atomic E-state index is 14.0. The topological polar surface area (TPSA) is 6.48 Å². The highest BCUT2D eigenvalue weighted by Crippen LogP contribution is 2.56. The lowest BCUT2D eigenvalue weighted by Gasteiger charge is -2.43. The molecule has 0 bridgehead atoms. The molecule has 2 nitrogen and oxygen atoms in total. The van der Waals surface area contributed by atoms with Gasteiger partial charge in [-0.3, -0.25) is 0 Å². The molecule has 0 amide bonds. The van der Waals surface area contributed by atoms with Gasteiger partial charge in [0.05, 0.1) is 33.9 Å². The van der Waals surface area contributed by atoms with Gasteiger partial charge in [-0.1, -0.05) is 82.3 Å². The van der Waals surface area contributed by atoms with Crippen molar-refractivity contribution in [1.82, 2.24) is 0 Å². The molecule has 0 saturated heterocycles. The van der Waals surface area contributed by atoms with Crippen molar-refractivity contribution in [3.05, 3.63) is 143 Å². The molecule has 0 atom stereocenters. The van der Waals surface area contributed by atoms with Crippen molar-refractivity contribution in [2.75, 3.05) is 9.80 Å². The van der Waals surface area contributed by atoms with Crippen LogP contribution in [-0.2, 0) is 23.2 Å². The Morgan fingerprint density at radius 1 is 0.413 bits per heavy atom. The van der Waals surface area contributed by atoms with Gasteiger partial charge in [-0.2, -0.15) is 26.3 Å². The van der Waals surface area contributed by atoms with Crippen LogP contribution in [-0.4, -0.2) is 0 Å². The molecule has 8 heteroatoms. The van der Waals surface area contributed by atoms with Gasteiger partial charge < -0.3 is 9.80 Å². The second-order valence-corrected chi connectivity index (χ2v) is 12.9. The van der Waals surface area contributed by atoms with Gasteiger partial charge in [0.15, 0.2) is 0 Å². The van der Waals surface area contributed by atoms with Crippen molar-refractivity contribution >= 4 is 34.1 Å². The monoisotopic (exact) mass is 628 g/mol. The molecule has 2 heterocycles. The molecule has 46 heavy (non-hydrogen) atoms. The Morgan fingerprint density at radius 2 is 0.783 bits per heavy atom. The Bertz CT molecular complexity index is 1860. The number of nitrogens with zero attached hydrogens (tertiary/aromatic N) is 2. The Kier molecular flexibility index (Phi) is 6.44. The second-order valence-electron chi connectivity index (χ2n) is 12.9. The average Bonchev–Trinajstić information content (AvgIpc) is 3.00. The molecule has 234 valence electrons. The first kappa shape index (κ1) is 30.0. The van der Waals surface area contributed by atoms with E-state index >= 15 is 0 Å². The molecule has 5 aromatic rings. The molecule has 0 N–H and O–H groups in total. The van der Waals surface area contributed by atoms with Gasteiger partial charge >= 0.3 is 12.4 Å². The van der Waals surface area contributed by atoms with Crippen molar-refractivity contribution < 1.29 is 26.3 Å². The molecule has 2 aliphatic rings. The van der Waals surface area contributed by atoms with E-state index in [-0.39, 0.29) is 0 Å². The standard InChI is InChI=1S/C38H30F6N2/c1-35(2)27-12-5-7-14-31(27)45(33-20-23(37(39,40)41)16-18-29(33)35)25-10-9-11-26(22-25)46-32-15-8-6-13-28(32)36(3,4)30-19-17-24(21-34(30)46)38(42,43)44/h5-22H,1-4H3. The number of hydrogen-bond acceptors (Lipinski definition) is 2. The number of benzene rings is 5. The van der Waals surface area contributed by atoms with Crippen LogP contribution in [0.3, 0.4) is 0 Å². The van der Waals surface area contributed by atoms with E-state index in [0.717, 1.165) is 45.8 Å². The molecule has 7 rings (SSSR count). The fourth-order valence-electron chi connectivity index (χ4n) is 7.11. The first-order chi connectivity index (χ1) is 21.6. The number of anilines is 6. The van der Waals surface area contributed by atoms with E-state index in [1.54, 1.807) is 18.2 Å². The minimum absolute atomic E-state index is 0.399. The van der Waals surface area contributed by atoms with Gasteiger partial charge in [0, 0.05) is 22.2 Å². The summed E-state index contributed by atoms with van der Waals surface area (Å²) in [6, 6.07) is 30.2. The highest BCUT2D eigenvalue weighted by atomic mass is 19.4. The maximum Gasteiger partial charge on any atom is 0.416 e. The van der Waals surface area contributed by atoms with Crippen LogP contribution in [0, 0.1) is 0 Å². The average molecular weight is 629 g/mol. The zero-order chi connectivity index (χ0) is 32.8. The van der Waals surface area contributed by atoms with Gasteiger partial charge in [-0.05, 0) is 76.9 Å². The molecule has 0 unspecified atom stereocenters. The summed E-state index contributed by atoms with van der Waals surface area (Å²) in [6.07, 6.45) is -9.10. The Balaban J connectivity index is 1.47. The fraction of sp³-hybridized carbons (Fsp3) is 0.211. The predicted octanol–water partition coefficient (Wildman–Crippen LogP) is 11.9. The zero-order valence-electron chi connectivity index (χ0n) is 25.6. The number of hydrogen-bond donors (Lipinski definition) is 0. The molecule has 0 radical (unpaired) electrons. The minimum atomic E-state index is -4.55. The largest absolute Gasteiger partial charge is 0.416 e. The van der Waals surface area contributed by atoms with E-state index in [4.69, 9.17) is 0 Å². The first-order valence-corrected chi connectivity index (χ1v) is 14.9. The lowest BCUT2D eigenvalue weighted by atomic mass is 9.73. The summed E-state index contributed by atoms with van der Waals surface area (Å²) in [7, 11) is 0. The van der Waals surface area contributed by atoms with E-state index in [2.05, 4.69) is 0 Å². The number of alkyl halides is 6. The fourth-order valence-corrected chi connectivity index (χ4v) is 7.11. The van der Waals surface area contributed by atoms with Gasteiger partial charge in [-0.15, -0.1) is 0 Å². The van der Waals surface area contributed by atoms with Crippen molar-refractivity contribution in [3.8, 4) is 0 Å². The number of fused-ring (bicyclic) bond motifs is 4. The lowest BCUT2D eigenvalue weighted by Crippen LogP contribution is -2.32. The molecule has 0 aliphatic carbocycles. The van der Waals surface area contributed by atoms with Gasteiger partial charge in [0.25, 0.3) is 0 Å². The second kappa shape index (κ2) is 9.89. The number of halogens is 6. The summed E-state index contributed by atoms with van der Waals surface area (Å²) in [5.41, 5.74) is 4.07. The van der Waals surface area contributed by atoms with E-state index < -0.39 is 34.3 Å². The summed E-state index contributed by atoms with van der Waals surface area (Å²) in [6.45, 7) is 7.97. The van der Waals surface area contributed by atoms with Crippen LogP contribution < -0.4 is 9.80 Å². The van der Waals surface area contributed by atoms with Gasteiger partial charge in [0.1, 0.15) is 0 Å². The van der Waals surface area contributed by atoms with Crippen LogP contribution in [0.1, 0.15) is 61.1 Å². The predicted molar refractivity (Wildman–Crippen MR) is 170 cm³/mol. The molecule has 0 fully saturated rings. The highest BCUT2D eigenvalue weighted by molar-refractivity contribution is 5.90. The molecule has 0 saturated carbocycles. The van der Waals surface area contributed by atoms with Crippen molar-refractivity contribution in [2.24, 2.45) is 0 Å². The summed E-state index contributed by atoms with van der Waals surface area (Å²) < 4.78 is 84.2. The SMILES string of the molecule is CC1(C)c2ccccc2N(c2cccc(N3c4ccccc4C(C)(C)c4ccc(C(F)(F)F)cc43)c2)c2cc(C(F)(F)F)ccc21. The van der Waals surface area contributed by atoms with Crippen molar-refractivity contribution in [3.63, 3.8) is 0 Å². The number of para-hydroxylation sites is 2. The summed E-state index contributed by atoms with van der Waals surface area (Å²) in [5, 5.41) is 0.